The van der Waals surface area contributed by atoms with Crippen molar-refractivity contribution in [3.63, 3.8) is 0 Å². The molecule has 12 heteroatoms. The molecule has 2 aromatic rings. The summed E-state index contributed by atoms with van der Waals surface area (Å²) in [5.41, 5.74) is 4.60. The molecule has 180 valence electrons. The highest BCUT2D eigenvalue weighted by molar-refractivity contribution is 7.89. The number of aromatic nitrogens is 2. The standard InChI is InChI=1S/C21H28ClN5O5S/c1-14(2)12-26-18(23)11-20(29)27(21(26)30)13-19(28)24-15-6-7-16(22)17(10-15)33(31,32)25-8-4-3-5-9-25/h6-7,10-11,14H,3-5,8-9,12-13,23H2,1-2H3,(H,24,28). The highest BCUT2D eigenvalue weighted by atomic mass is 35.5. The summed E-state index contributed by atoms with van der Waals surface area (Å²) in [4.78, 5) is 37.5. The first-order chi connectivity index (χ1) is 15.5. The monoisotopic (exact) mass is 497 g/mol. The predicted molar refractivity (Wildman–Crippen MR) is 127 cm³/mol. The Morgan fingerprint density at radius 1 is 1.12 bits per heavy atom. The zero-order valence-corrected chi connectivity index (χ0v) is 20.2. The summed E-state index contributed by atoms with van der Waals surface area (Å²) >= 11 is 6.16. The van der Waals surface area contributed by atoms with Crippen molar-refractivity contribution >= 4 is 39.0 Å². The van der Waals surface area contributed by atoms with E-state index in [0.29, 0.717) is 19.6 Å². The van der Waals surface area contributed by atoms with Gasteiger partial charge in [0.15, 0.2) is 0 Å². The fraction of sp³-hybridized carbons (Fsp3) is 0.476. The highest BCUT2D eigenvalue weighted by Gasteiger charge is 2.28. The Labute approximate surface area is 197 Å². The number of benzene rings is 1. The Kier molecular flexibility index (Phi) is 7.65. The number of halogens is 1. The number of hydrogen-bond acceptors (Lipinski definition) is 6. The lowest BCUT2D eigenvalue weighted by Crippen LogP contribution is -2.43. The van der Waals surface area contributed by atoms with Gasteiger partial charge in [0, 0.05) is 31.4 Å². The summed E-state index contributed by atoms with van der Waals surface area (Å²) in [6.45, 7) is 4.36. The van der Waals surface area contributed by atoms with E-state index in [-0.39, 0.29) is 27.3 Å². The van der Waals surface area contributed by atoms with Crippen molar-refractivity contribution in [1.82, 2.24) is 13.4 Å². The van der Waals surface area contributed by atoms with Crippen LogP contribution in [0.2, 0.25) is 5.02 Å². The van der Waals surface area contributed by atoms with E-state index >= 15 is 0 Å². The third kappa shape index (κ3) is 5.66. The molecule has 2 heterocycles. The Bertz CT molecular complexity index is 1260. The fourth-order valence-corrected chi connectivity index (χ4v) is 5.71. The van der Waals surface area contributed by atoms with Gasteiger partial charge in [-0.1, -0.05) is 31.9 Å². The van der Waals surface area contributed by atoms with Crippen molar-refractivity contribution in [2.75, 3.05) is 24.1 Å². The first-order valence-corrected chi connectivity index (χ1v) is 12.5. The summed E-state index contributed by atoms with van der Waals surface area (Å²) < 4.78 is 29.4. The van der Waals surface area contributed by atoms with Crippen LogP contribution < -0.4 is 22.3 Å². The van der Waals surface area contributed by atoms with E-state index < -0.39 is 33.7 Å². The zero-order valence-electron chi connectivity index (χ0n) is 18.6. The molecule has 1 amide bonds. The number of rotatable bonds is 7. The van der Waals surface area contributed by atoms with Crippen LogP contribution in [0.4, 0.5) is 11.5 Å². The largest absolute Gasteiger partial charge is 0.385 e. The Morgan fingerprint density at radius 3 is 2.42 bits per heavy atom. The first kappa shape index (κ1) is 25.0. The number of carbonyl (C=O) groups is 1. The number of nitrogen functional groups attached to an aromatic ring is 1. The number of amides is 1. The molecule has 0 aliphatic carbocycles. The predicted octanol–water partition coefficient (Wildman–Crippen LogP) is 1.71. The Morgan fingerprint density at radius 2 is 1.79 bits per heavy atom. The molecule has 1 aromatic heterocycles. The van der Waals surface area contributed by atoms with Crippen molar-refractivity contribution in [2.45, 2.75) is 51.1 Å². The third-order valence-corrected chi connectivity index (χ3v) is 7.69. The lowest BCUT2D eigenvalue weighted by atomic mass is 10.2. The first-order valence-electron chi connectivity index (χ1n) is 10.7. The second-order valence-electron chi connectivity index (χ2n) is 8.44. The molecule has 0 saturated carbocycles. The number of hydrogen-bond donors (Lipinski definition) is 2. The molecule has 0 spiro atoms. The van der Waals surface area contributed by atoms with Crippen LogP contribution in [-0.2, 0) is 27.9 Å². The van der Waals surface area contributed by atoms with Gasteiger partial charge in [0.1, 0.15) is 17.3 Å². The van der Waals surface area contributed by atoms with E-state index in [2.05, 4.69) is 5.32 Å². The molecule has 0 bridgehead atoms. The van der Waals surface area contributed by atoms with Crippen LogP contribution >= 0.6 is 11.6 Å². The number of nitrogens with one attached hydrogen (secondary N) is 1. The van der Waals surface area contributed by atoms with E-state index in [1.807, 2.05) is 13.8 Å². The number of sulfonamides is 1. The minimum atomic E-state index is -3.82. The Balaban J connectivity index is 1.84. The molecule has 1 aliphatic rings. The van der Waals surface area contributed by atoms with Crippen molar-refractivity contribution < 1.29 is 13.2 Å². The molecule has 10 nitrogen and oxygen atoms in total. The summed E-state index contributed by atoms with van der Waals surface area (Å²) in [6, 6.07) is 5.23. The molecule has 0 unspecified atom stereocenters. The van der Waals surface area contributed by atoms with E-state index in [0.717, 1.165) is 29.9 Å². The second-order valence-corrected chi connectivity index (χ2v) is 10.8. The molecule has 1 fully saturated rings. The summed E-state index contributed by atoms with van der Waals surface area (Å²) in [7, 11) is -3.82. The van der Waals surface area contributed by atoms with E-state index in [1.54, 1.807) is 0 Å². The van der Waals surface area contributed by atoms with Crippen LogP contribution in [-0.4, -0.2) is 40.9 Å². The fourth-order valence-electron chi connectivity index (χ4n) is 3.69. The van der Waals surface area contributed by atoms with Gasteiger partial charge in [0.2, 0.25) is 15.9 Å². The Hall–Kier alpha value is -2.63. The molecule has 3 rings (SSSR count). The average molecular weight is 498 g/mol. The molecular weight excluding hydrogens is 470 g/mol. The smallest absolute Gasteiger partial charge is 0.333 e. The number of anilines is 2. The molecule has 1 aliphatic heterocycles. The summed E-state index contributed by atoms with van der Waals surface area (Å²) in [5.74, 6) is -0.543. The maximum atomic E-state index is 13.0. The quantitative estimate of drug-likeness (QED) is 0.597. The minimum absolute atomic E-state index is 0.0284. The van der Waals surface area contributed by atoms with Gasteiger partial charge in [-0.05, 0) is 37.0 Å². The van der Waals surface area contributed by atoms with Gasteiger partial charge < -0.3 is 11.1 Å². The number of piperidine rings is 1. The van der Waals surface area contributed by atoms with E-state index in [9.17, 15) is 22.8 Å². The number of nitrogens with zero attached hydrogens (tertiary/aromatic N) is 3. The molecule has 1 saturated heterocycles. The number of nitrogens with two attached hydrogens (primary N) is 1. The van der Waals surface area contributed by atoms with Crippen LogP contribution in [0.25, 0.3) is 0 Å². The van der Waals surface area contributed by atoms with Gasteiger partial charge in [-0.3, -0.25) is 18.7 Å². The molecule has 1 aromatic carbocycles. The van der Waals surface area contributed by atoms with Gasteiger partial charge in [-0.25, -0.2) is 13.2 Å². The minimum Gasteiger partial charge on any atom is -0.385 e. The van der Waals surface area contributed by atoms with E-state index in [4.69, 9.17) is 17.3 Å². The maximum absolute atomic E-state index is 13.0. The molecular formula is C21H28ClN5O5S. The highest BCUT2D eigenvalue weighted by Crippen LogP contribution is 2.29. The van der Waals surface area contributed by atoms with E-state index in [1.165, 1.54) is 27.1 Å². The van der Waals surface area contributed by atoms with Crippen molar-refractivity contribution in [3.8, 4) is 0 Å². The summed E-state index contributed by atoms with van der Waals surface area (Å²) in [5, 5.41) is 2.59. The second kappa shape index (κ2) is 10.1. The molecule has 33 heavy (non-hydrogen) atoms. The molecule has 0 radical (unpaired) electrons. The topological polar surface area (TPSA) is 136 Å². The average Bonchev–Trinajstić information content (AvgIpc) is 2.76. The van der Waals surface area contributed by atoms with Crippen LogP contribution in [0.3, 0.4) is 0 Å². The summed E-state index contributed by atoms with van der Waals surface area (Å²) in [6.07, 6.45) is 2.52. The van der Waals surface area contributed by atoms with Crippen LogP contribution in [0.5, 0.6) is 0 Å². The molecule has 0 atom stereocenters. The van der Waals surface area contributed by atoms with Gasteiger partial charge in [-0.2, -0.15) is 4.31 Å². The number of carbonyl (C=O) groups excluding carboxylic acids is 1. The van der Waals surface area contributed by atoms with Gasteiger partial charge in [-0.15, -0.1) is 0 Å². The van der Waals surface area contributed by atoms with Crippen molar-refractivity contribution in [2.24, 2.45) is 5.92 Å². The normalized spacial score (nSPS) is 15.0. The van der Waals surface area contributed by atoms with Gasteiger partial charge in [0.05, 0.1) is 5.02 Å². The van der Waals surface area contributed by atoms with Gasteiger partial charge >= 0.3 is 5.69 Å². The van der Waals surface area contributed by atoms with Crippen molar-refractivity contribution in [1.29, 1.82) is 0 Å². The van der Waals surface area contributed by atoms with Gasteiger partial charge in [0.25, 0.3) is 5.56 Å². The van der Waals surface area contributed by atoms with Crippen LogP contribution in [0, 0.1) is 5.92 Å². The lowest BCUT2D eigenvalue weighted by molar-refractivity contribution is -0.116. The lowest BCUT2D eigenvalue weighted by Gasteiger charge is -2.26. The third-order valence-electron chi connectivity index (χ3n) is 5.31. The van der Waals surface area contributed by atoms with Crippen LogP contribution in [0.15, 0.2) is 38.8 Å². The molecule has 3 N–H and O–H groups in total. The zero-order chi connectivity index (χ0) is 24.3. The SMILES string of the molecule is CC(C)Cn1c(N)cc(=O)n(CC(=O)Nc2ccc(Cl)c(S(=O)(=O)N3CCCCC3)c2)c1=O. The van der Waals surface area contributed by atoms with Crippen molar-refractivity contribution in [3.05, 3.63) is 50.1 Å². The maximum Gasteiger partial charge on any atom is 0.333 e. The van der Waals surface area contributed by atoms with Crippen LogP contribution in [0.1, 0.15) is 33.1 Å².